The van der Waals surface area contributed by atoms with Gasteiger partial charge in [-0.05, 0) is 37.9 Å². The Morgan fingerprint density at radius 3 is 3.10 bits per heavy atom. The number of primary amides is 1. The van der Waals surface area contributed by atoms with E-state index in [1.807, 2.05) is 24.1 Å². The average molecular weight is 390 g/mol. The number of nitrogens with zero attached hydrogens (tertiary/aromatic N) is 5. The highest BCUT2D eigenvalue weighted by molar-refractivity contribution is 5.92. The minimum atomic E-state index is -0.337. The van der Waals surface area contributed by atoms with Gasteiger partial charge < -0.3 is 16.0 Å². The Kier molecular flexibility index (Phi) is 5.10. The molecule has 4 N–H and O–H groups in total. The summed E-state index contributed by atoms with van der Waals surface area (Å²) in [6.45, 7) is 3.73. The second kappa shape index (κ2) is 7.85. The van der Waals surface area contributed by atoms with Crippen LogP contribution in [-0.2, 0) is 4.79 Å². The van der Waals surface area contributed by atoms with Gasteiger partial charge in [-0.15, -0.1) is 0 Å². The minimum absolute atomic E-state index is 0.0739. The molecule has 3 aromatic rings. The second-order valence-electron chi connectivity index (χ2n) is 7.36. The molecule has 29 heavy (non-hydrogen) atoms. The van der Waals surface area contributed by atoms with Crippen LogP contribution in [0.4, 0.5) is 5.82 Å². The Bertz CT molecular complexity index is 1100. The molecule has 1 amide bonds. The fourth-order valence-electron chi connectivity index (χ4n) is 3.73. The number of carbonyl (C=O) groups excluding carboxylic acids is 1. The molecule has 1 unspecified atom stereocenters. The molecular weight excluding hydrogens is 368 g/mol. The van der Waals surface area contributed by atoms with E-state index < -0.39 is 0 Å². The first-order valence-corrected chi connectivity index (χ1v) is 9.52. The van der Waals surface area contributed by atoms with E-state index in [1.165, 1.54) is 6.20 Å². The van der Waals surface area contributed by atoms with E-state index in [4.69, 9.17) is 5.73 Å². The number of hydrogen-bond donors (Lipinski definition) is 3. The number of fused-ring (bicyclic) bond motifs is 1. The maximum absolute atomic E-state index is 11.2. The number of nitrogens with two attached hydrogens (primary N) is 1. The molecule has 4 heterocycles. The van der Waals surface area contributed by atoms with Gasteiger partial charge >= 0.3 is 0 Å². The van der Waals surface area contributed by atoms with Gasteiger partial charge in [-0.3, -0.25) is 9.69 Å². The van der Waals surface area contributed by atoms with Crippen molar-refractivity contribution >= 4 is 22.8 Å². The molecule has 0 spiro atoms. The lowest BCUT2D eigenvalue weighted by Crippen LogP contribution is -2.45. The van der Waals surface area contributed by atoms with E-state index in [2.05, 4.69) is 31.3 Å². The third-order valence-corrected chi connectivity index (χ3v) is 5.04. The van der Waals surface area contributed by atoms with E-state index >= 15 is 0 Å². The number of H-pyrrole nitrogens is 1. The zero-order valence-corrected chi connectivity index (χ0v) is 16.1. The Morgan fingerprint density at radius 1 is 1.45 bits per heavy atom. The van der Waals surface area contributed by atoms with Crippen LogP contribution in [0, 0.1) is 18.3 Å². The number of rotatable bonds is 5. The van der Waals surface area contributed by atoms with E-state index in [9.17, 15) is 10.1 Å². The smallest absolute Gasteiger partial charge is 0.231 e. The van der Waals surface area contributed by atoms with Gasteiger partial charge in [-0.25, -0.2) is 15.0 Å². The van der Waals surface area contributed by atoms with Crippen LogP contribution in [-0.4, -0.2) is 56.4 Å². The molecule has 1 saturated heterocycles. The molecule has 0 aromatic carbocycles. The first-order chi connectivity index (χ1) is 14.0. The van der Waals surface area contributed by atoms with Gasteiger partial charge in [0.15, 0.2) is 5.82 Å². The van der Waals surface area contributed by atoms with Crippen molar-refractivity contribution in [3.8, 4) is 17.5 Å². The van der Waals surface area contributed by atoms with Crippen LogP contribution < -0.4 is 11.1 Å². The monoisotopic (exact) mass is 390 g/mol. The summed E-state index contributed by atoms with van der Waals surface area (Å²) in [5.74, 6) is 0.685. The van der Waals surface area contributed by atoms with E-state index in [0.717, 1.165) is 41.5 Å². The molecule has 0 bridgehead atoms. The molecule has 0 saturated carbocycles. The fourth-order valence-corrected chi connectivity index (χ4v) is 3.73. The molecule has 1 fully saturated rings. The van der Waals surface area contributed by atoms with Crippen LogP contribution in [0.15, 0.2) is 24.7 Å². The summed E-state index contributed by atoms with van der Waals surface area (Å²) in [5, 5.41) is 13.8. The molecular formula is C20H22N8O. The van der Waals surface area contributed by atoms with Crippen molar-refractivity contribution in [1.82, 2.24) is 24.8 Å². The van der Waals surface area contributed by atoms with Crippen molar-refractivity contribution in [2.75, 3.05) is 25.0 Å². The zero-order chi connectivity index (χ0) is 20.4. The van der Waals surface area contributed by atoms with Crippen LogP contribution >= 0.6 is 0 Å². The molecule has 3 aromatic heterocycles. The summed E-state index contributed by atoms with van der Waals surface area (Å²) < 4.78 is 0. The van der Waals surface area contributed by atoms with Crippen molar-refractivity contribution in [3.63, 3.8) is 0 Å². The number of nitrogens with one attached hydrogen (secondary N) is 2. The van der Waals surface area contributed by atoms with Gasteiger partial charge in [0, 0.05) is 35.9 Å². The van der Waals surface area contributed by atoms with Crippen molar-refractivity contribution in [2.45, 2.75) is 25.8 Å². The fraction of sp³-hybridized carbons (Fsp3) is 0.350. The van der Waals surface area contributed by atoms with Crippen molar-refractivity contribution < 1.29 is 4.79 Å². The second-order valence-corrected chi connectivity index (χ2v) is 7.36. The maximum atomic E-state index is 11.2. The Labute approximate surface area is 168 Å². The lowest BCUT2D eigenvalue weighted by Gasteiger charge is -2.32. The number of aryl methyl sites for hydroxylation is 1. The number of hydrogen-bond acceptors (Lipinski definition) is 7. The summed E-state index contributed by atoms with van der Waals surface area (Å²) in [5.41, 5.74) is 8.35. The minimum Gasteiger partial charge on any atom is -0.369 e. The largest absolute Gasteiger partial charge is 0.369 e. The quantitative estimate of drug-likeness (QED) is 0.601. The standard InChI is InChI=1S/C20H22N8O/c1-12-5-15-16(9-25-19(15)23-7-12)20-24-8-13(6-21)18(27-20)26-14-3-2-4-28(10-14)11-17(22)29/h5,7-9,14H,2-4,10-11H2,1H3,(H2,22,29)(H,23,25)(H,24,26,27). The van der Waals surface area contributed by atoms with E-state index in [-0.39, 0.29) is 18.5 Å². The molecule has 148 valence electrons. The highest BCUT2D eigenvalue weighted by Crippen LogP contribution is 2.27. The lowest BCUT2D eigenvalue weighted by atomic mass is 10.1. The number of pyridine rings is 1. The summed E-state index contributed by atoms with van der Waals surface area (Å²) in [6, 6.07) is 4.26. The number of nitriles is 1. The Hall–Kier alpha value is -3.51. The van der Waals surface area contributed by atoms with Gasteiger partial charge in [0.25, 0.3) is 0 Å². The molecule has 0 aliphatic carbocycles. The third kappa shape index (κ3) is 4.02. The van der Waals surface area contributed by atoms with Crippen LogP contribution in [0.3, 0.4) is 0 Å². The van der Waals surface area contributed by atoms with Crippen LogP contribution in [0.5, 0.6) is 0 Å². The molecule has 1 aliphatic rings. The molecule has 4 rings (SSSR count). The molecule has 9 heteroatoms. The number of carbonyl (C=O) groups is 1. The highest BCUT2D eigenvalue weighted by atomic mass is 16.1. The average Bonchev–Trinajstić information content (AvgIpc) is 3.10. The van der Waals surface area contributed by atoms with Gasteiger partial charge in [0.05, 0.1) is 12.7 Å². The van der Waals surface area contributed by atoms with Gasteiger partial charge in [0.1, 0.15) is 23.1 Å². The van der Waals surface area contributed by atoms with Crippen molar-refractivity contribution in [1.29, 1.82) is 5.26 Å². The highest BCUT2D eigenvalue weighted by Gasteiger charge is 2.22. The first kappa shape index (κ1) is 18.8. The Morgan fingerprint density at radius 2 is 2.31 bits per heavy atom. The van der Waals surface area contributed by atoms with Crippen molar-refractivity contribution in [3.05, 3.63) is 35.8 Å². The number of amides is 1. The van der Waals surface area contributed by atoms with Gasteiger partial charge in [-0.1, -0.05) is 0 Å². The summed E-state index contributed by atoms with van der Waals surface area (Å²) in [4.78, 5) is 29.8. The predicted molar refractivity (Wildman–Crippen MR) is 109 cm³/mol. The molecule has 1 aliphatic heterocycles. The number of aromatic nitrogens is 4. The molecule has 1 atom stereocenters. The van der Waals surface area contributed by atoms with Crippen LogP contribution in [0.25, 0.3) is 22.4 Å². The predicted octanol–water partition coefficient (Wildman–Crippen LogP) is 1.56. The SMILES string of the molecule is Cc1cnc2[nH]cc(-c3ncc(C#N)c(NC4CCCN(CC(N)=O)C4)n3)c2c1. The van der Waals surface area contributed by atoms with E-state index in [1.54, 1.807) is 6.20 Å². The normalized spacial score (nSPS) is 17.2. The number of aromatic amines is 1. The summed E-state index contributed by atoms with van der Waals surface area (Å²) >= 11 is 0. The van der Waals surface area contributed by atoms with Crippen molar-refractivity contribution in [2.24, 2.45) is 5.73 Å². The molecule has 9 nitrogen and oxygen atoms in total. The molecule has 0 radical (unpaired) electrons. The number of likely N-dealkylation sites (tertiary alicyclic amines) is 1. The van der Waals surface area contributed by atoms with E-state index in [0.29, 0.717) is 23.8 Å². The number of piperidine rings is 1. The summed E-state index contributed by atoms with van der Waals surface area (Å²) in [7, 11) is 0. The summed E-state index contributed by atoms with van der Waals surface area (Å²) in [6.07, 6.45) is 7.04. The Balaban J connectivity index is 1.63. The van der Waals surface area contributed by atoms with Gasteiger partial charge in [0.2, 0.25) is 5.91 Å². The van der Waals surface area contributed by atoms with Gasteiger partial charge in [-0.2, -0.15) is 5.26 Å². The number of anilines is 1. The van der Waals surface area contributed by atoms with Crippen LogP contribution in [0.1, 0.15) is 24.0 Å². The maximum Gasteiger partial charge on any atom is 0.231 e. The van der Waals surface area contributed by atoms with Crippen LogP contribution in [0.2, 0.25) is 0 Å². The first-order valence-electron chi connectivity index (χ1n) is 9.52. The third-order valence-electron chi connectivity index (χ3n) is 5.04. The topological polar surface area (TPSA) is 137 Å². The zero-order valence-electron chi connectivity index (χ0n) is 16.1. The lowest BCUT2D eigenvalue weighted by molar-refractivity contribution is -0.119.